The molecule has 5 rings (SSSR count). The summed E-state index contributed by atoms with van der Waals surface area (Å²) < 4.78 is 60.7. The smallest absolute Gasteiger partial charge is 0.167 e. The molecule has 236 valence electrons. The van der Waals surface area contributed by atoms with Gasteiger partial charge in [-0.1, -0.05) is 120 Å². The van der Waals surface area contributed by atoms with E-state index in [1.165, 1.54) is 38.5 Å². The first-order valence-electron chi connectivity index (χ1n) is 17.2. The van der Waals surface area contributed by atoms with Crippen LogP contribution in [0.5, 0.6) is 0 Å². The molecular formula is C40H48F4. The van der Waals surface area contributed by atoms with Crippen molar-refractivity contribution in [2.45, 2.75) is 110 Å². The molecule has 0 N–H and O–H groups in total. The van der Waals surface area contributed by atoms with Crippen molar-refractivity contribution in [1.82, 2.24) is 0 Å². The third-order valence-corrected chi connectivity index (χ3v) is 10.4. The standard InChI is InChI=1S/C40H48F4/c1-3-5-6-7-8-10-33-23-24-34(38(42)37(33)41)31-19-21-32(22-20-31)36-26-25-35(39(43)40(36)44)30-17-15-29(16-18-30)28-13-11-27(9-4-2)12-14-28/h17,19-29H,3-16,18H2,1-2H3. The Morgan fingerprint density at radius 1 is 0.568 bits per heavy atom. The zero-order valence-electron chi connectivity index (χ0n) is 26.5. The number of hydrogen-bond acceptors (Lipinski definition) is 0. The van der Waals surface area contributed by atoms with Crippen molar-refractivity contribution in [2.24, 2.45) is 17.8 Å². The predicted molar refractivity (Wildman–Crippen MR) is 175 cm³/mol. The maximum Gasteiger partial charge on any atom is 0.167 e. The Hall–Kier alpha value is -2.88. The summed E-state index contributed by atoms with van der Waals surface area (Å²) >= 11 is 0. The Morgan fingerprint density at radius 2 is 1.16 bits per heavy atom. The minimum atomic E-state index is -0.868. The summed E-state index contributed by atoms with van der Waals surface area (Å²) in [5.41, 5.74) is 2.99. The second kappa shape index (κ2) is 15.4. The van der Waals surface area contributed by atoms with Gasteiger partial charge in [-0.15, -0.1) is 0 Å². The third kappa shape index (κ3) is 7.49. The molecule has 0 nitrogen and oxygen atoms in total. The Bertz CT molecular complexity index is 1410. The molecule has 2 aliphatic carbocycles. The molecule has 0 amide bonds. The van der Waals surface area contributed by atoms with E-state index in [1.54, 1.807) is 48.5 Å². The van der Waals surface area contributed by atoms with Gasteiger partial charge in [0.15, 0.2) is 23.3 Å². The zero-order chi connectivity index (χ0) is 31.1. The first kappa shape index (κ1) is 32.5. The number of aryl methyl sites for hydroxylation is 1. The number of benzene rings is 3. The fourth-order valence-corrected chi connectivity index (χ4v) is 7.66. The molecule has 3 aromatic carbocycles. The molecule has 0 aliphatic heterocycles. The Balaban J connectivity index is 1.24. The van der Waals surface area contributed by atoms with Gasteiger partial charge in [0.25, 0.3) is 0 Å². The quantitative estimate of drug-likeness (QED) is 0.142. The van der Waals surface area contributed by atoms with Gasteiger partial charge in [0.05, 0.1) is 0 Å². The van der Waals surface area contributed by atoms with E-state index in [2.05, 4.69) is 19.9 Å². The maximum absolute atomic E-state index is 15.4. The van der Waals surface area contributed by atoms with Crippen LogP contribution in [0.2, 0.25) is 0 Å². The van der Waals surface area contributed by atoms with Crippen LogP contribution in [0, 0.1) is 41.0 Å². The van der Waals surface area contributed by atoms with E-state index >= 15 is 13.2 Å². The summed E-state index contributed by atoms with van der Waals surface area (Å²) in [4.78, 5) is 0. The van der Waals surface area contributed by atoms with Gasteiger partial charge in [-0.3, -0.25) is 0 Å². The van der Waals surface area contributed by atoms with Gasteiger partial charge in [-0.25, -0.2) is 17.6 Å². The molecule has 0 heterocycles. The molecule has 1 fully saturated rings. The first-order chi connectivity index (χ1) is 21.4. The van der Waals surface area contributed by atoms with Crippen LogP contribution in [-0.2, 0) is 6.42 Å². The van der Waals surface area contributed by atoms with Crippen molar-refractivity contribution in [3.63, 3.8) is 0 Å². The second-order valence-electron chi connectivity index (χ2n) is 13.3. The van der Waals surface area contributed by atoms with Crippen LogP contribution >= 0.6 is 0 Å². The topological polar surface area (TPSA) is 0 Å². The molecular weight excluding hydrogens is 556 g/mol. The summed E-state index contributed by atoms with van der Waals surface area (Å²) in [6.07, 6.45) is 18.6. The lowest BCUT2D eigenvalue weighted by Crippen LogP contribution is -2.23. The second-order valence-corrected chi connectivity index (χ2v) is 13.3. The summed E-state index contributed by atoms with van der Waals surface area (Å²) in [5.74, 6) is -1.04. The largest absolute Gasteiger partial charge is 0.203 e. The fourth-order valence-electron chi connectivity index (χ4n) is 7.66. The van der Waals surface area contributed by atoms with E-state index < -0.39 is 23.3 Å². The monoisotopic (exact) mass is 604 g/mol. The lowest BCUT2D eigenvalue weighted by Gasteiger charge is -2.35. The van der Waals surface area contributed by atoms with Gasteiger partial charge in [0.2, 0.25) is 0 Å². The molecule has 0 aromatic heterocycles. The number of hydrogen-bond donors (Lipinski definition) is 0. The lowest BCUT2D eigenvalue weighted by molar-refractivity contribution is 0.189. The first-order valence-corrected chi connectivity index (χ1v) is 17.2. The van der Waals surface area contributed by atoms with E-state index in [0.717, 1.165) is 68.8 Å². The highest BCUT2D eigenvalue weighted by Gasteiger charge is 2.29. The van der Waals surface area contributed by atoms with Crippen LogP contribution in [0.1, 0.15) is 115 Å². The van der Waals surface area contributed by atoms with Crippen molar-refractivity contribution >= 4 is 5.57 Å². The van der Waals surface area contributed by atoms with Crippen LogP contribution in [0.3, 0.4) is 0 Å². The van der Waals surface area contributed by atoms with Crippen LogP contribution < -0.4 is 0 Å². The predicted octanol–water partition coefficient (Wildman–Crippen LogP) is 12.9. The maximum atomic E-state index is 15.4. The average molecular weight is 605 g/mol. The van der Waals surface area contributed by atoms with Crippen molar-refractivity contribution in [1.29, 1.82) is 0 Å². The van der Waals surface area contributed by atoms with Gasteiger partial charge in [-0.05, 0) is 85.0 Å². The van der Waals surface area contributed by atoms with Crippen LogP contribution in [-0.4, -0.2) is 0 Å². The van der Waals surface area contributed by atoms with Crippen LogP contribution in [0.25, 0.3) is 27.8 Å². The normalized spacial score (nSPS) is 20.5. The van der Waals surface area contributed by atoms with E-state index in [9.17, 15) is 4.39 Å². The van der Waals surface area contributed by atoms with Crippen molar-refractivity contribution in [3.8, 4) is 22.3 Å². The van der Waals surface area contributed by atoms with Crippen molar-refractivity contribution in [2.75, 3.05) is 0 Å². The molecule has 0 radical (unpaired) electrons. The molecule has 4 heteroatoms. The minimum Gasteiger partial charge on any atom is -0.203 e. The Kier molecular flexibility index (Phi) is 11.4. The lowest BCUT2D eigenvalue weighted by atomic mass is 9.70. The van der Waals surface area contributed by atoms with Gasteiger partial charge < -0.3 is 0 Å². The summed E-state index contributed by atoms with van der Waals surface area (Å²) in [6, 6.07) is 13.2. The van der Waals surface area contributed by atoms with E-state index in [1.807, 2.05) is 0 Å². The molecule has 1 atom stereocenters. The Labute approximate surface area is 262 Å². The molecule has 0 saturated heterocycles. The fraction of sp³-hybridized carbons (Fsp3) is 0.500. The van der Waals surface area contributed by atoms with Crippen molar-refractivity contribution in [3.05, 3.63) is 89.0 Å². The van der Waals surface area contributed by atoms with Crippen molar-refractivity contribution < 1.29 is 17.6 Å². The summed E-state index contributed by atoms with van der Waals surface area (Å²) in [7, 11) is 0. The molecule has 0 spiro atoms. The van der Waals surface area contributed by atoms with E-state index in [-0.39, 0.29) is 11.1 Å². The number of rotatable bonds is 12. The highest BCUT2D eigenvalue weighted by Crippen LogP contribution is 2.43. The minimum absolute atomic E-state index is 0.168. The van der Waals surface area contributed by atoms with Crippen LogP contribution in [0.15, 0.2) is 54.6 Å². The van der Waals surface area contributed by atoms with Gasteiger partial charge in [-0.2, -0.15) is 0 Å². The molecule has 0 bridgehead atoms. The Morgan fingerprint density at radius 3 is 1.77 bits per heavy atom. The van der Waals surface area contributed by atoms with E-state index in [4.69, 9.17) is 0 Å². The van der Waals surface area contributed by atoms with Gasteiger partial charge in [0, 0.05) is 16.7 Å². The van der Waals surface area contributed by atoms with Gasteiger partial charge in [0.1, 0.15) is 0 Å². The average Bonchev–Trinajstić information content (AvgIpc) is 3.05. The highest BCUT2D eigenvalue weighted by atomic mass is 19.2. The van der Waals surface area contributed by atoms with Gasteiger partial charge >= 0.3 is 0 Å². The molecule has 2 aliphatic rings. The number of halogens is 4. The third-order valence-electron chi connectivity index (χ3n) is 10.4. The summed E-state index contributed by atoms with van der Waals surface area (Å²) in [5, 5.41) is 0. The van der Waals surface area contributed by atoms with Crippen LogP contribution in [0.4, 0.5) is 17.6 Å². The SMILES string of the molecule is CCCCCCCc1ccc(-c2ccc(-c3ccc(C4=CCC(C5CCC(CCC)CC5)CC4)c(F)c3F)cc2)c(F)c1F. The highest BCUT2D eigenvalue weighted by molar-refractivity contribution is 5.74. The zero-order valence-corrected chi connectivity index (χ0v) is 26.5. The number of unbranched alkanes of at least 4 members (excludes halogenated alkanes) is 4. The summed E-state index contributed by atoms with van der Waals surface area (Å²) in [6.45, 7) is 4.42. The molecule has 3 aromatic rings. The molecule has 44 heavy (non-hydrogen) atoms. The molecule has 1 unspecified atom stereocenters. The van der Waals surface area contributed by atoms with E-state index in [0.29, 0.717) is 34.6 Å². The molecule has 1 saturated carbocycles. The number of allylic oxidation sites excluding steroid dienone is 2.